The van der Waals surface area contributed by atoms with Crippen LogP contribution in [-0.2, 0) is 6.42 Å². The van der Waals surface area contributed by atoms with E-state index in [0.717, 1.165) is 11.3 Å². The lowest BCUT2D eigenvalue weighted by Gasteiger charge is -2.29. The van der Waals surface area contributed by atoms with Crippen molar-refractivity contribution in [2.75, 3.05) is 6.61 Å². The summed E-state index contributed by atoms with van der Waals surface area (Å²) in [5.41, 5.74) is 1.37. The zero-order valence-corrected chi connectivity index (χ0v) is 12.3. The molecule has 0 bridgehead atoms. The van der Waals surface area contributed by atoms with Crippen molar-refractivity contribution in [1.29, 1.82) is 0 Å². The van der Waals surface area contributed by atoms with E-state index in [2.05, 4.69) is 15.9 Å². The summed E-state index contributed by atoms with van der Waals surface area (Å²) in [6.07, 6.45) is -0.190. The maximum Gasteiger partial charge on any atom is 0.143 e. The van der Waals surface area contributed by atoms with E-state index in [1.807, 2.05) is 24.3 Å². The second-order valence-electron chi connectivity index (χ2n) is 4.97. The van der Waals surface area contributed by atoms with Crippen molar-refractivity contribution in [1.82, 2.24) is 0 Å². The number of fused-ring (bicyclic) bond motifs is 1. The van der Waals surface area contributed by atoms with E-state index in [4.69, 9.17) is 4.74 Å². The summed E-state index contributed by atoms with van der Waals surface area (Å²) >= 11 is 3.15. The van der Waals surface area contributed by atoms with Gasteiger partial charge in [-0.2, -0.15) is 0 Å². The summed E-state index contributed by atoms with van der Waals surface area (Å²) in [6.45, 7) is 0.393. The maximum atomic E-state index is 14.1. The topological polar surface area (TPSA) is 29.5 Å². The van der Waals surface area contributed by atoms with Gasteiger partial charge in [0.15, 0.2) is 0 Å². The molecule has 20 heavy (non-hydrogen) atoms. The average molecular weight is 337 g/mol. The normalized spacial score (nSPS) is 19.1. The largest absolute Gasteiger partial charge is 0.493 e. The van der Waals surface area contributed by atoms with Crippen LogP contribution in [0, 0.1) is 11.7 Å². The van der Waals surface area contributed by atoms with Crippen molar-refractivity contribution >= 4 is 15.9 Å². The highest BCUT2D eigenvalue weighted by Crippen LogP contribution is 2.35. The quantitative estimate of drug-likeness (QED) is 0.901. The number of hydrogen-bond acceptors (Lipinski definition) is 2. The minimum absolute atomic E-state index is 0.145. The van der Waals surface area contributed by atoms with Gasteiger partial charge in [0.25, 0.3) is 0 Å². The number of halogens is 2. The zero-order chi connectivity index (χ0) is 14.1. The summed E-state index contributed by atoms with van der Waals surface area (Å²) in [5, 5.41) is 10.4. The third-order valence-corrected chi connectivity index (χ3v) is 4.27. The molecule has 2 aromatic rings. The smallest absolute Gasteiger partial charge is 0.143 e. The van der Waals surface area contributed by atoms with Crippen molar-refractivity contribution < 1.29 is 14.2 Å². The second kappa shape index (κ2) is 5.54. The summed E-state index contributed by atoms with van der Waals surface area (Å²) in [5.74, 6) is 0.304. The van der Waals surface area contributed by atoms with Gasteiger partial charge in [0, 0.05) is 11.5 Å². The Hall–Kier alpha value is -1.39. The van der Waals surface area contributed by atoms with Crippen LogP contribution in [0.1, 0.15) is 17.2 Å². The van der Waals surface area contributed by atoms with Gasteiger partial charge in [-0.15, -0.1) is 0 Å². The number of benzene rings is 2. The molecule has 0 spiro atoms. The van der Waals surface area contributed by atoms with Gasteiger partial charge in [-0.25, -0.2) is 4.39 Å². The first-order valence-electron chi connectivity index (χ1n) is 6.49. The molecule has 0 aromatic heterocycles. The fraction of sp³-hybridized carbons (Fsp3) is 0.250. The van der Waals surface area contributed by atoms with E-state index >= 15 is 0 Å². The van der Waals surface area contributed by atoms with Crippen molar-refractivity contribution in [2.24, 2.45) is 5.92 Å². The van der Waals surface area contributed by atoms with E-state index in [1.54, 1.807) is 18.2 Å². The summed E-state index contributed by atoms with van der Waals surface area (Å²) in [4.78, 5) is 0. The van der Waals surface area contributed by atoms with Crippen LogP contribution in [-0.4, -0.2) is 11.7 Å². The Morgan fingerprint density at radius 2 is 2.00 bits per heavy atom. The van der Waals surface area contributed by atoms with E-state index in [9.17, 15) is 9.50 Å². The fourth-order valence-electron chi connectivity index (χ4n) is 2.56. The standard InChI is InChI=1S/C16H14BrFO2/c17-13-6-3-5-12(15(13)18)16(19)11-8-10-4-1-2-7-14(10)20-9-11/h1-7,11,16,19H,8-9H2. The monoisotopic (exact) mass is 336 g/mol. The fourth-order valence-corrected chi connectivity index (χ4v) is 2.94. The Kier molecular flexibility index (Phi) is 3.76. The molecule has 0 aliphatic carbocycles. The molecule has 0 fully saturated rings. The molecule has 1 heterocycles. The van der Waals surface area contributed by atoms with Crippen LogP contribution in [0.15, 0.2) is 46.9 Å². The summed E-state index contributed by atoms with van der Waals surface area (Å²) < 4.78 is 20.1. The molecule has 0 amide bonds. The van der Waals surface area contributed by atoms with Gasteiger partial charge < -0.3 is 9.84 Å². The van der Waals surface area contributed by atoms with Gasteiger partial charge >= 0.3 is 0 Å². The summed E-state index contributed by atoms with van der Waals surface area (Å²) in [7, 11) is 0. The number of hydrogen-bond donors (Lipinski definition) is 1. The highest BCUT2D eigenvalue weighted by atomic mass is 79.9. The van der Waals surface area contributed by atoms with Gasteiger partial charge in [-0.05, 0) is 40.0 Å². The Balaban J connectivity index is 1.86. The SMILES string of the molecule is OC(c1cccc(Br)c1F)C1COc2ccccc2C1. The van der Waals surface area contributed by atoms with E-state index in [1.165, 1.54) is 0 Å². The molecule has 1 aliphatic rings. The van der Waals surface area contributed by atoms with E-state index in [0.29, 0.717) is 23.1 Å². The molecule has 2 atom stereocenters. The van der Waals surface area contributed by atoms with Crippen LogP contribution in [0.3, 0.4) is 0 Å². The zero-order valence-electron chi connectivity index (χ0n) is 10.7. The number of aliphatic hydroxyl groups is 1. The molecule has 1 N–H and O–H groups in total. The van der Waals surface area contributed by atoms with Gasteiger partial charge in [0.05, 0.1) is 17.2 Å². The average Bonchev–Trinajstić information content (AvgIpc) is 2.49. The molecule has 2 unspecified atom stereocenters. The van der Waals surface area contributed by atoms with Crippen LogP contribution >= 0.6 is 15.9 Å². The second-order valence-corrected chi connectivity index (χ2v) is 5.83. The predicted octanol–water partition coefficient (Wildman–Crippen LogP) is 3.87. The first-order valence-corrected chi connectivity index (χ1v) is 7.29. The molecular formula is C16H14BrFO2. The molecule has 0 saturated carbocycles. The first kappa shape index (κ1) is 13.6. The number of ether oxygens (including phenoxy) is 1. The third-order valence-electron chi connectivity index (χ3n) is 3.65. The minimum atomic E-state index is -0.874. The van der Waals surface area contributed by atoms with Gasteiger partial charge in [0.2, 0.25) is 0 Å². The lowest BCUT2D eigenvalue weighted by atomic mass is 9.88. The van der Waals surface area contributed by atoms with Crippen LogP contribution in [0.25, 0.3) is 0 Å². The van der Waals surface area contributed by atoms with Crippen molar-refractivity contribution in [3.05, 3.63) is 63.9 Å². The number of rotatable bonds is 2. The van der Waals surface area contributed by atoms with Crippen molar-refractivity contribution in [3.63, 3.8) is 0 Å². The molecule has 104 valence electrons. The molecule has 1 aliphatic heterocycles. The number of aliphatic hydroxyl groups excluding tert-OH is 1. The van der Waals surface area contributed by atoms with Gasteiger partial charge in [-0.1, -0.05) is 30.3 Å². The molecule has 0 saturated heterocycles. The Labute approximate surface area is 125 Å². The molecule has 2 aromatic carbocycles. The summed E-state index contributed by atoms with van der Waals surface area (Å²) in [6, 6.07) is 12.7. The molecular weight excluding hydrogens is 323 g/mol. The van der Waals surface area contributed by atoms with Crippen LogP contribution in [0.4, 0.5) is 4.39 Å². The predicted molar refractivity (Wildman–Crippen MR) is 78.2 cm³/mol. The molecule has 4 heteroatoms. The van der Waals surface area contributed by atoms with Crippen LogP contribution in [0.2, 0.25) is 0 Å². The molecule has 2 nitrogen and oxygen atoms in total. The van der Waals surface area contributed by atoms with Crippen molar-refractivity contribution in [3.8, 4) is 5.75 Å². The highest BCUT2D eigenvalue weighted by molar-refractivity contribution is 9.10. The van der Waals surface area contributed by atoms with Crippen LogP contribution < -0.4 is 4.74 Å². The lowest BCUT2D eigenvalue weighted by Crippen LogP contribution is -2.27. The minimum Gasteiger partial charge on any atom is -0.493 e. The highest BCUT2D eigenvalue weighted by Gasteiger charge is 2.29. The Bertz CT molecular complexity index is 630. The van der Waals surface area contributed by atoms with Crippen molar-refractivity contribution in [2.45, 2.75) is 12.5 Å². The van der Waals surface area contributed by atoms with Crippen LogP contribution in [0.5, 0.6) is 5.75 Å². The number of para-hydroxylation sites is 1. The maximum absolute atomic E-state index is 14.1. The van der Waals surface area contributed by atoms with Gasteiger partial charge in [0.1, 0.15) is 11.6 Å². The molecule has 0 radical (unpaired) electrons. The first-order chi connectivity index (χ1) is 9.66. The lowest BCUT2D eigenvalue weighted by molar-refractivity contribution is 0.0618. The van der Waals surface area contributed by atoms with E-state index in [-0.39, 0.29) is 5.92 Å². The molecule has 3 rings (SSSR count). The third kappa shape index (κ3) is 2.45. The van der Waals surface area contributed by atoms with Gasteiger partial charge in [-0.3, -0.25) is 0 Å². The van der Waals surface area contributed by atoms with E-state index < -0.39 is 11.9 Å². The Morgan fingerprint density at radius 3 is 2.85 bits per heavy atom. The Morgan fingerprint density at radius 1 is 1.20 bits per heavy atom.